The second kappa shape index (κ2) is 5.95. The molecule has 1 aromatic rings. The first-order valence-corrected chi connectivity index (χ1v) is 7.43. The number of amides is 1. The Kier molecular flexibility index (Phi) is 4.01. The van der Waals surface area contributed by atoms with Gasteiger partial charge in [-0.05, 0) is 24.1 Å². The van der Waals surface area contributed by atoms with E-state index in [4.69, 9.17) is 15.1 Å². The quantitative estimate of drug-likeness (QED) is 0.852. The summed E-state index contributed by atoms with van der Waals surface area (Å²) in [7, 11) is 0. The lowest BCUT2D eigenvalue weighted by atomic mass is 9.96. The highest BCUT2D eigenvalue weighted by atomic mass is 16.5. The van der Waals surface area contributed by atoms with Crippen molar-refractivity contribution in [1.82, 2.24) is 9.80 Å². The maximum Gasteiger partial charge on any atom is 0.407 e. The van der Waals surface area contributed by atoms with Crippen LogP contribution in [0.2, 0.25) is 0 Å². The van der Waals surface area contributed by atoms with Gasteiger partial charge in [-0.25, -0.2) is 4.79 Å². The van der Waals surface area contributed by atoms with Crippen molar-refractivity contribution in [3.63, 3.8) is 0 Å². The average Bonchev–Trinajstić information content (AvgIpc) is 2.54. The van der Waals surface area contributed by atoms with Crippen molar-refractivity contribution in [3.8, 4) is 6.07 Å². The fourth-order valence-corrected chi connectivity index (χ4v) is 3.27. The highest BCUT2D eigenvalue weighted by Crippen LogP contribution is 2.29. The summed E-state index contributed by atoms with van der Waals surface area (Å²) in [5.74, 6) is 0. The Labute approximate surface area is 129 Å². The van der Waals surface area contributed by atoms with Gasteiger partial charge in [-0.15, -0.1) is 0 Å². The maximum absolute atomic E-state index is 11.1. The largest absolute Gasteiger partial charge is 0.465 e. The van der Waals surface area contributed by atoms with E-state index in [0.29, 0.717) is 25.3 Å². The molecule has 0 unspecified atom stereocenters. The fourth-order valence-electron chi connectivity index (χ4n) is 3.27. The molecule has 2 aliphatic heterocycles. The topological polar surface area (TPSA) is 76.8 Å². The van der Waals surface area contributed by atoms with Crippen LogP contribution in [0.3, 0.4) is 0 Å². The SMILES string of the molecule is Cc1c(C#N)cccc1[C@H]1CN2CCN(C(=O)O)C[C@@H]2CO1. The van der Waals surface area contributed by atoms with Gasteiger partial charge in [-0.2, -0.15) is 5.26 Å². The monoisotopic (exact) mass is 301 g/mol. The first kappa shape index (κ1) is 14.8. The van der Waals surface area contributed by atoms with Gasteiger partial charge in [0.2, 0.25) is 0 Å². The zero-order chi connectivity index (χ0) is 15.7. The Morgan fingerprint density at radius 1 is 1.41 bits per heavy atom. The van der Waals surface area contributed by atoms with E-state index in [-0.39, 0.29) is 12.1 Å². The molecule has 116 valence electrons. The Morgan fingerprint density at radius 3 is 2.95 bits per heavy atom. The standard InChI is InChI=1S/C16H19N3O3/c1-11-12(7-17)3-2-4-14(11)15-9-18-5-6-19(16(20)21)8-13(18)10-22-15/h2-4,13,15H,5-6,8-10H2,1H3,(H,20,21)/t13-,15-/m1/s1. The molecular formula is C16H19N3O3. The number of ether oxygens (including phenoxy) is 1. The molecule has 1 N–H and O–H groups in total. The van der Waals surface area contributed by atoms with E-state index in [2.05, 4.69) is 11.0 Å². The second-order valence-corrected chi connectivity index (χ2v) is 5.83. The molecule has 3 rings (SSSR count). The van der Waals surface area contributed by atoms with Gasteiger partial charge in [0.15, 0.2) is 0 Å². The van der Waals surface area contributed by atoms with Crippen LogP contribution in [-0.2, 0) is 4.74 Å². The van der Waals surface area contributed by atoms with Crippen molar-refractivity contribution in [3.05, 3.63) is 34.9 Å². The summed E-state index contributed by atoms with van der Waals surface area (Å²) >= 11 is 0. The molecule has 0 spiro atoms. The van der Waals surface area contributed by atoms with Crippen molar-refractivity contribution in [2.45, 2.75) is 19.1 Å². The number of nitriles is 1. The minimum atomic E-state index is -0.862. The molecule has 0 saturated carbocycles. The number of fused-ring (bicyclic) bond motifs is 1. The molecule has 22 heavy (non-hydrogen) atoms. The number of rotatable bonds is 1. The Balaban J connectivity index is 1.74. The van der Waals surface area contributed by atoms with Crippen LogP contribution < -0.4 is 0 Å². The van der Waals surface area contributed by atoms with Gasteiger partial charge in [0.05, 0.1) is 30.4 Å². The molecule has 2 saturated heterocycles. The zero-order valence-electron chi connectivity index (χ0n) is 12.5. The third kappa shape index (κ3) is 2.65. The van der Waals surface area contributed by atoms with E-state index in [1.54, 1.807) is 0 Å². The predicted octanol–water partition coefficient (Wildman–Crippen LogP) is 1.60. The first-order valence-electron chi connectivity index (χ1n) is 7.43. The number of carbonyl (C=O) groups is 1. The van der Waals surface area contributed by atoms with Crippen molar-refractivity contribution in [1.29, 1.82) is 5.26 Å². The third-order valence-electron chi connectivity index (χ3n) is 4.61. The number of nitrogens with zero attached hydrogens (tertiary/aromatic N) is 3. The van der Waals surface area contributed by atoms with Crippen molar-refractivity contribution >= 4 is 6.09 Å². The van der Waals surface area contributed by atoms with E-state index in [0.717, 1.165) is 24.2 Å². The van der Waals surface area contributed by atoms with Crippen molar-refractivity contribution < 1.29 is 14.6 Å². The van der Waals surface area contributed by atoms with E-state index in [1.165, 1.54) is 4.90 Å². The van der Waals surface area contributed by atoms with Crippen LogP contribution in [0.15, 0.2) is 18.2 Å². The molecule has 0 radical (unpaired) electrons. The summed E-state index contributed by atoms with van der Waals surface area (Å²) in [6, 6.07) is 8.05. The predicted molar refractivity (Wildman–Crippen MR) is 79.5 cm³/mol. The normalized spacial score (nSPS) is 25.4. The van der Waals surface area contributed by atoms with Crippen LogP contribution in [0.1, 0.15) is 22.8 Å². The summed E-state index contributed by atoms with van der Waals surface area (Å²) < 4.78 is 5.97. The Morgan fingerprint density at radius 2 is 2.23 bits per heavy atom. The van der Waals surface area contributed by atoms with Crippen LogP contribution in [0, 0.1) is 18.3 Å². The number of morpholine rings is 1. The molecule has 1 aromatic carbocycles. The summed E-state index contributed by atoms with van der Waals surface area (Å²) in [5.41, 5.74) is 2.70. The van der Waals surface area contributed by atoms with Crippen LogP contribution >= 0.6 is 0 Å². The van der Waals surface area contributed by atoms with Gasteiger partial charge in [0.25, 0.3) is 0 Å². The molecule has 0 bridgehead atoms. The summed E-state index contributed by atoms with van der Waals surface area (Å²) in [6.45, 7) is 4.98. The maximum atomic E-state index is 11.1. The van der Waals surface area contributed by atoms with Crippen molar-refractivity contribution in [2.75, 3.05) is 32.8 Å². The molecule has 0 aliphatic carbocycles. The third-order valence-corrected chi connectivity index (χ3v) is 4.61. The average molecular weight is 301 g/mol. The molecule has 6 nitrogen and oxygen atoms in total. The molecule has 2 fully saturated rings. The minimum absolute atomic E-state index is 0.0547. The van der Waals surface area contributed by atoms with Crippen LogP contribution in [0.25, 0.3) is 0 Å². The van der Waals surface area contributed by atoms with Gasteiger partial charge in [0, 0.05) is 26.2 Å². The Bertz CT molecular complexity index is 626. The zero-order valence-corrected chi connectivity index (χ0v) is 12.5. The molecule has 2 aliphatic rings. The van der Waals surface area contributed by atoms with Crippen LogP contribution in [-0.4, -0.2) is 59.8 Å². The first-order chi connectivity index (χ1) is 10.6. The Hall–Kier alpha value is -2.10. The highest BCUT2D eigenvalue weighted by molar-refractivity contribution is 5.65. The lowest BCUT2D eigenvalue weighted by molar-refractivity contribution is -0.0868. The number of hydrogen-bond donors (Lipinski definition) is 1. The van der Waals surface area contributed by atoms with Gasteiger partial charge in [-0.1, -0.05) is 12.1 Å². The number of piperazine rings is 1. The van der Waals surface area contributed by atoms with Crippen LogP contribution in [0.4, 0.5) is 4.79 Å². The molecule has 2 heterocycles. The van der Waals surface area contributed by atoms with Crippen molar-refractivity contribution in [2.24, 2.45) is 0 Å². The van der Waals surface area contributed by atoms with Gasteiger partial charge in [-0.3, -0.25) is 4.90 Å². The molecular weight excluding hydrogens is 282 g/mol. The minimum Gasteiger partial charge on any atom is -0.465 e. The summed E-state index contributed by atoms with van der Waals surface area (Å²) in [6.07, 6.45) is -0.916. The molecule has 0 aromatic heterocycles. The summed E-state index contributed by atoms with van der Waals surface area (Å²) in [4.78, 5) is 14.8. The van der Waals surface area contributed by atoms with Crippen LogP contribution in [0.5, 0.6) is 0 Å². The van der Waals surface area contributed by atoms with E-state index in [9.17, 15) is 4.79 Å². The van der Waals surface area contributed by atoms with Gasteiger partial charge in [0.1, 0.15) is 0 Å². The highest BCUT2D eigenvalue weighted by Gasteiger charge is 2.35. The number of carboxylic acid groups (broad SMARTS) is 1. The van der Waals surface area contributed by atoms with Gasteiger partial charge >= 0.3 is 6.09 Å². The number of hydrogen-bond acceptors (Lipinski definition) is 4. The summed E-state index contributed by atoms with van der Waals surface area (Å²) in [5, 5.41) is 18.2. The smallest absolute Gasteiger partial charge is 0.407 e. The van der Waals surface area contributed by atoms with E-state index < -0.39 is 6.09 Å². The number of benzene rings is 1. The molecule has 2 atom stereocenters. The molecule has 6 heteroatoms. The fraction of sp³-hybridized carbons (Fsp3) is 0.500. The second-order valence-electron chi connectivity index (χ2n) is 5.83. The lowest BCUT2D eigenvalue weighted by Crippen LogP contribution is -2.59. The van der Waals surface area contributed by atoms with E-state index in [1.807, 2.05) is 25.1 Å². The lowest BCUT2D eigenvalue weighted by Gasteiger charge is -2.45. The van der Waals surface area contributed by atoms with E-state index >= 15 is 0 Å². The van der Waals surface area contributed by atoms with Gasteiger partial charge < -0.3 is 14.7 Å². The molecule has 1 amide bonds.